The highest BCUT2D eigenvalue weighted by Gasteiger charge is 2.92. The molecule has 13 atom stereocenters. The Bertz CT molecular complexity index is 2160. The fraction of sp³-hybridized carbons (Fsp3) is 0.558. The first-order valence-electron chi connectivity index (χ1n) is 19.9. The maximum atomic E-state index is 14.5. The molecule has 2 saturated carbocycles. The van der Waals surface area contributed by atoms with Crippen LogP contribution in [0, 0.1) is 17.3 Å². The van der Waals surface area contributed by atoms with Gasteiger partial charge in [0, 0.05) is 46.7 Å². The number of ether oxygens (including phenoxy) is 9. The van der Waals surface area contributed by atoms with Crippen LogP contribution in [0.3, 0.4) is 0 Å². The predicted molar refractivity (Wildman–Crippen MR) is 205 cm³/mol. The van der Waals surface area contributed by atoms with Crippen molar-refractivity contribution in [1.29, 1.82) is 0 Å². The molecule has 2 aliphatic heterocycles. The van der Waals surface area contributed by atoms with E-state index in [-0.39, 0.29) is 16.8 Å². The van der Waals surface area contributed by atoms with Gasteiger partial charge < -0.3 is 47.7 Å². The maximum absolute atomic E-state index is 14.5. The monoisotopic (exact) mass is 867 g/mol. The topological polar surface area (TPSA) is 253 Å². The third-order valence-corrected chi connectivity index (χ3v) is 12.4. The Morgan fingerprint density at radius 2 is 1.32 bits per heavy atom. The van der Waals surface area contributed by atoms with Gasteiger partial charge >= 0.3 is 47.8 Å². The van der Waals surface area contributed by atoms with Crippen molar-refractivity contribution in [2.45, 2.75) is 122 Å². The molecule has 1 aromatic heterocycles. The van der Waals surface area contributed by atoms with Gasteiger partial charge in [-0.15, -0.1) is 0 Å². The smallest absolute Gasteiger partial charge is 0.340 e. The van der Waals surface area contributed by atoms with Crippen LogP contribution in [0.15, 0.2) is 48.7 Å². The summed E-state index contributed by atoms with van der Waals surface area (Å²) in [5, 5.41) is 13.6. The van der Waals surface area contributed by atoms with E-state index in [0.29, 0.717) is 0 Å². The van der Waals surface area contributed by atoms with Crippen LogP contribution in [-0.4, -0.2) is 124 Å². The summed E-state index contributed by atoms with van der Waals surface area (Å²) in [5.41, 5.74) is -10.4. The van der Waals surface area contributed by atoms with Gasteiger partial charge in [-0.3, -0.25) is 33.8 Å². The van der Waals surface area contributed by atoms with Crippen molar-refractivity contribution < 1.29 is 86.1 Å². The number of nitrogens with zero attached hydrogens (tertiary/aromatic N) is 1. The van der Waals surface area contributed by atoms with Crippen molar-refractivity contribution in [3.63, 3.8) is 0 Å². The second-order valence-electron chi connectivity index (χ2n) is 16.5. The van der Waals surface area contributed by atoms with E-state index in [0.717, 1.165) is 41.5 Å². The van der Waals surface area contributed by atoms with Gasteiger partial charge in [-0.05, 0) is 38.1 Å². The summed E-state index contributed by atoms with van der Waals surface area (Å²) in [4.78, 5) is 114. The molecule has 4 aliphatic rings. The molecule has 19 heteroatoms. The summed E-state index contributed by atoms with van der Waals surface area (Å²) < 4.78 is 55.4. The number of esters is 8. The van der Waals surface area contributed by atoms with Gasteiger partial charge in [0.1, 0.15) is 42.0 Å². The highest BCUT2D eigenvalue weighted by Crippen LogP contribution is 2.70. The Balaban J connectivity index is 1.80. The van der Waals surface area contributed by atoms with E-state index in [4.69, 9.17) is 42.6 Å². The van der Waals surface area contributed by atoms with Crippen molar-refractivity contribution in [3.8, 4) is 0 Å². The molecule has 0 amide bonds. The number of cyclic esters (lactones) is 1. The normalized spacial score (nSPS) is 36.0. The van der Waals surface area contributed by atoms with E-state index < -0.39 is 138 Å². The van der Waals surface area contributed by atoms with Crippen LogP contribution >= 0.6 is 0 Å². The number of benzene rings is 1. The van der Waals surface area contributed by atoms with E-state index >= 15 is 0 Å². The van der Waals surface area contributed by atoms with Crippen LogP contribution in [0.1, 0.15) is 94.6 Å². The van der Waals surface area contributed by atoms with Gasteiger partial charge in [0.2, 0.25) is 0 Å². The number of aliphatic hydroxyl groups is 1. The second-order valence-corrected chi connectivity index (χ2v) is 16.5. The minimum atomic E-state index is -2.86. The number of rotatable bonds is 8. The number of hydrogen-bond donors (Lipinski definition) is 1. The highest BCUT2D eigenvalue weighted by molar-refractivity contribution is 5.91. The van der Waals surface area contributed by atoms with Crippen molar-refractivity contribution in [3.05, 3.63) is 65.5 Å². The molecule has 4 bridgehead atoms. The molecule has 62 heavy (non-hydrogen) atoms. The Labute approximate surface area is 355 Å². The molecule has 1 N–H and O–H groups in total. The Morgan fingerprint density at radius 3 is 1.92 bits per heavy atom. The molecule has 2 aromatic rings. The van der Waals surface area contributed by atoms with Crippen molar-refractivity contribution in [1.82, 2.24) is 4.98 Å². The number of carbonyl (C=O) groups is 8. The molecular formula is C43H49NO18. The SMILES string of the molecule is CC(=O)OC[C@]12[C@@H](OC(=O)c3ccccc3)[C@H](OC(C)=O)[C@H]3[C@@H](OC(C)=O)[C@]14O[C@]3(C)COC(=O)c1cccnc1[C@@H](C)[C@H](C)C(=O)O[C@@H]([C@H](OC(C)=O)[C@@H]2OC(C)=O)[C@]4(C)O. The van der Waals surface area contributed by atoms with Gasteiger partial charge in [0.15, 0.2) is 30.0 Å². The van der Waals surface area contributed by atoms with Crippen LogP contribution in [0.25, 0.3) is 0 Å². The van der Waals surface area contributed by atoms with Gasteiger partial charge in [-0.25, -0.2) is 9.59 Å². The van der Waals surface area contributed by atoms with E-state index in [2.05, 4.69) is 4.98 Å². The van der Waals surface area contributed by atoms with Gasteiger partial charge in [-0.1, -0.05) is 32.0 Å². The number of aromatic nitrogens is 1. The molecule has 334 valence electrons. The largest absolute Gasteiger partial charge is 0.465 e. The molecule has 0 radical (unpaired) electrons. The minimum absolute atomic E-state index is 0.0497. The molecule has 1 spiro atoms. The third-order valence-electron chi connectivity index (χ3n) is 12.4. The zero-order valence-electron chi connectivity index (χ0n) is 35.6. The molecule has 1 saturated heterocycles. The summed E-state index contributed by atoms with van der Waals surface area (Å²) in [5.74, 6) is -11.8. The molecule has 2 aliphatic carbocycles. The summed E-state index contributed by atoms with van der Waals surface area (Å²) in [6.45, 7) is 8.67. The Morgan fingerprint density at radius 1 is 0.742 bits per heavy atom. The fourth-order valence-corrected chi connectivity index (χ4v) is 9.83. The Hall–Kier alpha value is -5.95. The third kappa shape index (κ3) is 7.43. The fourth-order valence-electron chi connectivity index (χ4n) is 9.83. The van der Waals surface area contributed by atoms with Crippen LogP contribution in [0.5, 0.6) is 0 Å². The lowest BCUT2D eigenvalue weighted by Gasteiger charge is -2.67. The quantitative estimate of drug-likeness (QED) is 0.295. The lowest BCUT2D eigenvalue weighted by Crippen LogP contribution is -2.89. The highest BCUT2D eigenvalue weighted by atomic mass is 16.7. The first-order valence-corrected chi connectivity index (χ1v) is 19.9. The average Bonchev–Trinajstić information content (AvgIpc) is 3.42. The van der Waals surface area contributed by atoms with Crippen molar-refractivity contribution >= 4 is 47.8 Å². The molecule has 19 nitrogen and oxygen atoms in total. The number of carbonyl (C=O) groups excluding carboxylic acids is 8. The predicted octanol–water partition coefficient (Wildman–Crippen LogP) is 2.33. The summed E-state index contributed by atoms with van der Waals surface area (Å²) in [6.07, 6.45) is -10.8. The van der Waals surface area contributed by atoms with Crippen molar-refractivity contribution in [2.75, 3.05) is 13.2 Å². The molecule has 1 aromatic carbocycles. The van der Waals surface area contributed by atoms with Crippen LogP contribution < -0.4 is 0 Å². The second kappa shape index (κ2) is 16.7. The van der Waals surface area contributed by atoms with Crippen molar-refractivity contribution in [2.24, 2.45) is 17.3 Å². The number of hydrogen-bond acceptors (Lipinski definition) is 19. The van der Waals surface area contributed by atoms with E-state index in [9.17, 15) is 43.5 Å². The van der Waals surface area contributed by atoms with Crippen LogP contribution in [0.4, 0.5) is 0 Å². The zero-order chi connectivity index (χ0) is 45.7. The summed E-state index contributed by atoms with van der Waals surface area (Å²) in [7, 11) is 0. The van der Waals surface area contributed by atoms with E-state index in [1.807, 2.05) is 0 Å². The van der Waals surface area contributed by atoms with E-state index in [1.165, 1.54) is 56.4 Å². The van der Waals surface area contributed by atoms with Crippen LogP contribution in [0.2, 0.25) is 0 Å². The number of pyridine rings is 1. The molecule has 6 rings (SSSR count). The lowest BCUT2D eigenvalue weighted by molar-refractivity contribution is -0.386. The summed E-state index contributed by atoms with van der Waals surface area (Å²) in [6, 6.07) is 10.4. The first kappa shape index (κ1) is 45.6. The zero-order valence-corrected chi connectivity index (χ0v) is 35.6. The first-order chi connectivity index (χ1) is 29.0. The molecule has 3 fully saturated rings. The maximum Gasteiger partial charge on any atom is 0.340 e. The minimum Gasteiger partial charge on any atom is -0.465 e. The summed E-state index contributed by atoms with van der Waals surface area (Å²) >= 11 is 0. The number of fused-ring (bicyclic) bond motifs is 5. The molecular weight excluding hydrogens is 818 g/mol. The van der Waals surface area contributed by atoms with Gasteiger partial charge in [-0.2, -0.15) is 0 Å². The molecule has 0 unspecified atom stereocenters. The Kier molecular flexibility index (Phi) is 12.3. The van der Waals surface area contributed by atoms with Crippen LogP contribution in [-0.2, 0) is 71.4 Å². The lowest BCUT2D eigenvalue weighted by atomic mass is 9.45. The average molecular weight is 868 g/mol. The standard InChI is InChI=1S/C43H49NO18/c1-20-21(2)37(50)60-34-32(57-24(5)47)36(59-26(7)49)42(19-54-22(3)45)35(61-38(51)27-14-11-10-12-15-27)31(56-23(4)46)29-33(58-25(6)48)43(42,41(34,9)53)62-40(29,8)18-55-39(52)28-16-13-17-44-30(20)28/h10-17,20-21,29,31-36,53H,18-19H2,1-9H3/t20-,21-,29-,31+,32-,33+,34-,35-,36-,40+,41-,42+,43+/m0/s1. The molecule has 3 heterocycles. The van der Waals surface area contributed by atoms with Gasteiger partial charge in [0.25, 0.3) is 0 Å². The van der Waals surface area contributed by atoms with Gasteiger partial charge in [0.05, 0.1) is 28.7 Å². The van der Waals surface area contributed by atoms with E-state index in [1.54, 1.807) is 13.0 Å².